The summed E-state index contributed by atoms with van der Waals surface area (Å²) in [6.45, 7) is 0.914. The minimum absolute atomic E-state index is 0.0423. The van der Waals surface area contributed by atoms with Gasteiger partial charge in [0.2, 0.25) is 5.91 Å². The number of hydrogen-bond acceptors (Lipinski definition) is 4. The molecule has 1 aliphatic rings. The Morgan fingerprint density at radius 2 is 1.78 bits per heavy atom. The summed E-state index contributed by atoms with van der Waals surface area (Å²) < 4.78 is 10.5. The van der Waals surface area contributed by atoms with Crippen LogP contribution in [-0.2, 0) is 11.3 Å². The van der Waals surface area contributed by atoms with Crippen LogP contribution < -0.4 is 25.4 Å². The highest BCUT2D eigenvalue weighted by molar-refractivity contribution is 5.76. The number of benzene rings is 1. The molecule has 3 amide bonds. The summed E-state index contributed by atoms with van der Waals surface area (Å²) in [6, 6.07) is 5.71. The van der Waals surface area contributed by atoms with Gasteiger partial charge in [0.15, 0.2) is 11.5 Å². The lowest BCUT2D eigenvalue weighted by Crippen LogP contribution is -2.43. The molecule has 1 aliphatic carbocycles. The van der Waals surface area contributed by atoms with Gasteiger partial charge in [0.25, 0.3) is 0 Å². The molecular formula is C20H31N3O4. The van der Waals surface area contributed by atoms with Gasteiger partial charge in [-0.25, -0.2) is 4.79 Å². The van der Waals surface area contributed by atoms with Crippen LogP contribution in [0.15, 0.2) is 18.2 Å². The molecule has 0 atom stereocenters. The smallest absolute Gasteiger partial charge is 0.315 e. The highest BCUT2D eigenvalue weighted by Crippen LogP contribution is 2.27. The van der Waals surface area contributed by atoms with E-state index in [1.54, 1.807) is 14.2 Å². The summed E-state index contributed by atoms with van der Waals surface area (Å²) >= 11 is 0. The summed E-state index contributed by atoms with van der Waals surface area (Å²) in [4.78, 5) is 23.8. The molecule has 1 fully saturated rings. The van der Waals surface area contributed by atoms with Gasteiger partial charge in [0, 0.05) is 25.6 Å². The molecule has 0 spiro atoms. The van der Waals surface area contributed by atoms with E-state index in [0.717, 1.165) is 18.4 Å². The van der Waals surface area contributed by atoms with Gasteiger partial charge in [-0.1, -0.05) is 25.3 Å². The Morgan fingerprint density at radius 1 is 1.04 bits per heavy atom. The van der Waals surface area contributed by atoms with Crippen LogP contribution in [0.2, 0.25) is 0 Å². The molecule has 7 nitrogen and oxygen atoms in total. The van der Waals surface area contributed by atoms with Crippen molar-refractivity contribution in [1.29, 1.82) is 0 Å². The molecule has 0 aliphatic heterocycles. The van der Waals surface area contributed by atoms with E-state index in [9.17, 15) is 9.59 Å². The molecule has 1 aromatic rings. The zero-order chi connectivity index (χ0) is 19.5. The molecule has 0 unspecified atom stereocenters. The second kappa shape index (κ2) is 11.3. The topological polar surface area (TPSA) is 88.7 Å². The van der Waals surface area contributed by atoms with E-state index >= 15 is 0 Å². The van der Waals surface area contributed by atoms with Crippen LogP contribution in [0.3, 0.4) is 0 Å². The van der Waals surface area contributed by atoms with Gasteiger partial charge in [0.1, 0.15) is 0 Å². The van der Waals surface area contributed by atoms with Gasteiger partial charge in [-0.2, -0.15) is 0 Å². The van der Waals surface area contributed by atoms with Crippen molar-refractivity contribution in [2.24, 2.45) is 0 Å². The molecule has 0 heterocycles. The van der Waals surface area contributed by atoms with Crippen molar-refractivity contribution in [3.63, 3.8) is 0 Å². The predicted molar refractivity (Wildman–Crippen MR) is 104 cm³/mol. The molecule has 7 heteroatoms. The lowest BCUT2D eigenvalue weighted by atomic mass is 9.96. The highest BCUT2D eigenvalue weighted by atomic mass is 16.5. The second-order valence-corrected chi connectivity index (χ2v) is 6.80. The van der Waals surface area contributed by atoms with Gasteiger partial charge in [-0.05, 0) is 37.0 Å². The summed E-state index contributed by atoms with van der Waals surface area (Å²) in [6.07, 6.45) is 6.74. The quantitative estimate of drug-likeness (QED) is 0.577. The van der Waals surface area contributed by atoms with Gasteiger partial charge >= 0.3 is 6.03 Å². The maximum Gasteiger partial charge on any atom is 0.315 e. The largest absolute Gasteiger partial charge is 0.493 e. The van der Waals surface area contributed by atoms with Crippen LogP contribution in [0.5, 0.6) is 11.5 Å². The lowest BCUT2D eigenvalue weighted by Gasteiger charge is -2.22. The van der Waals surface area contributed by atoms with Crippen molar-refractivity contribution < 1.29 is 19.1 Å². The normalized spacial score (nSPS) is 14.3. The average molecular weight is 377 g/mol. The van der Waals surface area contributed by atoms with Crippen molar-refractivity contribution in [2.75, 3.05) is 20.8 Å². The minimum Gasteiger partial charge on any atom is -0.493 e. The van der Waals surface area contributed by atoms with Gasteiger partial charge in [-0.15, -0.1) is 0 Å². The molecule has 0 radical (unpaired) electrons. The lowest BCUT2D eigenvalue weighted by molar-refractivity contribution is -0.121. The molecule has 2 rings (SSSR count). The summed E-state index contributed by atoms with van der Waals surface area (Å²) in [5, 5.41) is 8.71. The molecule has 0 saturated heterocycles. The monoisotopic (exact) mass is 377 g/mol. The number of hydrogen-bond donors (Lipinski definition) is 3. The Labute approximate surface area is 161 Å². The highest BCUT2D eigenvalue weighted by Gasteiger charge is 2.15. The van der Waals surface area contributed by atoms with Crippen LogP contribution in [-0.4, -0.2) is 38.7 Å². The Morgan fingerprint density at radius 3 is 2.48 bits per heavy atom. The van der Waals surface area contributed by atoms with Crippen molar-refractivity contribution in [3.8, 4) is 11.5 Å². The average Bonchev–Trinajstić information content (AvgIpc) is 2.70. The van der Waals surface area contributed by atoms with Crippen LogP contribution >= 0.6 is 0 Å². The number of carbonyl (C=O) groups excluding carboxylic acids is 2. The fourth-order valence-electron chi connectivity index (χ4n) is 3.21. The molecule has 0 bridgehead atoms. The third-order valence-electron chi connectivity index (χ3n) is 4.74. The van der Waals surface area contributed by atoms with Crippen LogP contribution in [0.1, 0.15) is 50.5 Å². The maximum atomic E-state index is 12.0. The van der Waals surface area contributed by atoms with E-state index in [0.29, 0.717) is 43.5 Å². The van der Waals surface area contributed by atoms with Crippen LogP contribution in [0.4, 0.5) is 4.79 Å². The van der Waals surface area contributed by atoms with Gasteiger partial charge in [0.05, 0.1) is 14.2 Å². The van der Waals surface area contributed by atoms with E-state index < -0.39 is 0 Å². The fourth-order valence-corrected chi connectivity index (χ4v) is 3.21. The number of amides is 3. The first-order valence-corrected chi connectivity index (χ1v) is 9.64. The Balaban J connectivity index is 1.60. The molecule has 1 saturated carbocycles. The third-order valence-corrected chi connectivity index (χ3v) is 4.74. The van der Waals surface area contributed by atoms with Gasteiger partial charge < -0.3 is 25.4 Å². The minimum atomic E-state index is -0.132. The molecule has 27 heavy (non-hydrogen) atoms. The molecular weight excluding hydrogens is 346 g/mol. The van der Waals surface area contributed by atoms with Crippen molar-refractivity contribution in [3.05, 3.63) is 23.8 Å². The second-order valence-electron chi connectivity index (χ2n) is 6.80. The first-order chi connectivity index (χ1) is 13.1. The van der Waals surface area contributed by atoms with E-state index in [4.69, 9.17) is 9.47 Å². The third kappa shape index (κ3) is 7.37. The number of urea groups is 1. The molecule has 3 N–H and O–H groups in total. The van der Waals surface area contributed by atoms with Gasteiger partial charge in [-0.3, -0.25) is 4.79 Å². The summed E-state index contributed by atoms with van der Waals surface area (Å²) in [5.41, 5.74) is 0.936. The SMILES string of the molecule is COc1ccc(CNC(=O)CCCNC(=O)NC2CCCCC2)cc1OC. The van der Waals surface area contributed by atoms with E-state index in [-0.39, 0.29) is 11.9 Å². The Bertz CT molecular complexity index is 615. The Hall–Kier alpha value is -2.44. The summed E-state index contributed by atoms with van der Waals surface area (Å²) in [7, 11) is 3.17. The fraction of sp³-hybridized carbons (Fsp3) is 0.600. The standard InChI is InChI=1S/C20H31N3O4/c1-26-17-11-10-15(13-18(17)27-2)14-22-19(24)9-6-12-21-20(25)23-16-7-4-3-5-8-16/h10-11,13,16H,3-9,12,14H2,1-2H3,(H,22,24)(H2,21,23,25). The molecule has 1 aromatic carbocycles. The molecule has 0 aromatic heterocycles. The Kier molecular flexibility index (Phi) is 8.74. The van der Waals surface area contributed by atoms with E-state index in [1.165, 1.54) is 19.3 Å². The number of nitrogens with one attached hydrogen (secondary N) is 3. The van der Waals surface area contributed by atoms with Crippen LogP contribution in [0.25, 0.3) is 0 Å². The van der Waals surface area contributed by atoms with Crippen molar-refractivity contribution in [1.82, 2.24) is 16.0 Å². The number of methoxy groups -OCH3 is 2. The van der Waals surface area contributed by atoms with E-state index in [2.05, 4.69) is 16.0 Å². The van der Waals surface area contributed by atoms with Crippen molar-refractivity contribution in [2.45, 2.75) is 57.5 Å². The predicted octanol–water partition coefficient (Wildman–Crippen LogP) is 2.73. The zero-order valence-corrected chi connectivity index (χ0v) is 16.3. The summed E-state index contributed by atoms with van der Waals surface area (Å²) in [5.74, 6) is 1.25. The number of carbonyl (C=O) groups is 2. The first kappa shape index (κ1) is 20.9. The number of ether oxygens (including phenoxy) is 2. The first-order valence-electron chi connectivity index (χ1n) is 9.64. The number of rotatable bonds is 9. The van der Waals surface area contributed by atoms with Crippen molar-refractivity contribution >= 4 is 11.9 Å². The van der Waals surface area contributed by atoms with E-state index in [1.807, 2.05) is 18.2 Å². The maximum absolute atomic E-state index is 12.0. The zero-order valence-electron chi connectivity index (χ0n) is 16.3. The van der Waals surface area contributed by atoms with Crippen LogP contribution in [0, 0.1) is 0 Å². The molecule has 150 valence electrons.